The number of rotatable bonds is 9. The van der Waals surface area contributed by atoms with Crippen molar-refractivity contribution in [3.05, 3.63) is 36.0 Å². The van der Waals surface area contributed by atoms with Crippen LogP contribution in [0.25, 0.3) is 11.3 Å². The van der Waals surface area contributed by atoms with Crippen molar-refractivity contribution in [2.24, 2.45) is 0 Å². The molecule has 2 aromatic rings. The summed E-state index contributed by atoms with van der Waals surface area (Å²) in [4.78, 5) is 0. The number of hydrogen-bond donors (Lipinski definition) is 2. The standard InChI is InChI=1S/C15H22N4O/c1-20-11-7-3-6-10-16-12-14-15(18-19-17-14)13-8-4-2-5-9-13/h2,4-5,8-9,16H,3,6-7,10-12H2,1H3,(H,17,18,19). The highest BCUT2D eigenvalue weighted by molar-refractivity contribution is 5.60. The third kappa shape index (κ3) is 4.43. The quantitative estimate of drug-likeness (QED) is 0.689. The molecule has 0 saturated heterocycles. The number of benzene rings is 1. The summed E-state index contributed by atoms with van der Waals surface area (Å²) in [5, 5.41) is 14.6. The number of ether oxygens (including phenoxy) is 1. The molecule has 0 fully saturated rings. The molecule has 2 N–H and O–H groups in total. The minimum atomic E-state index is 0.741. The first-order chi connectivity index (χ1) is 9.92. The van der Waals surface area contributed by atoms with Crippen molar-refractivity contribution < 1.29 is 4.74 Å². The smallest absolute Gasteiger partial charge is 0.117 e. The number of aromatic amines is 1. The van der Waals surface area contributed by atoms with E-state index >= 15 is 0 Å². The summed E-state index contributed by atoms with van der Waals surface area (Å²) in [6, 6.07) is 10.1. The van der Waals surface area contributed by atoms with E-state index in [1.807, 2.05) is 30.3 Å². The van der Waals surface area contributed by atoms with E-state index in [1.165, 1.54) is 6.42 Å². The molecule has 20 heavy (non-hydrogen) atoms. The van der Waals surface area contributed by atoms with Gasteiger partial charge in [-0.1, -0.05) is 30.3 Å². The maximum atomic E-state index is 5.03. The van der Waals surface area contributed by atoms with Crippen LogP contribution in [-0.2, 0) is 11.3 Å². The van der Waals surface area contributed by atoms with Gasteiger partial charge in [0, 0.05) is 25.8 Å². The van der Waals surface area contributed by atoms with Crippen LogP contribution in [0.2, 0.25) is 0 Å². The molecular formula is C15H22N4O. The van der Waals surface area contributed by atoms with Gasteiger partial charge in [0.25, 0.3) is 0 Å². The molecular weight excluding hydrogens is 252 g/mol. The van der Waals surface area contributed by atoms with Gasteiger partial charge in [0.1, 0.15) is 11.4 Å². The number of hydrogen-bond acceptors (Lipinski definition) is 4. The Morgan fingerprint density at radius 3 is 2.75 bits per heavy atom. The normalized spacial score (nSPS) is 10.8. The number of nitrogens with zero attached hydrogens (tertiary/aromatic N) is 2. The van der Waals surface area contributed by atoms with Gasteiger partial charge in [0.05, 0.1) is 0 Å². The first kappa shape index (κ1) is 14.7. The molecule has 1 heterocycles. The molecule has 108 valence electrons. The van der Waals surface area contributed by atoms with E-state index in [-0.39, 0.29) is 0 Å². The van der Waals surface area contributed by atoms with Crippen molar-refractivity contribution in [2.75, 3.05) is 20.3 Å². The fourth-order valence-electron chi connectivity index (χ4n) is 2.08. The molecule has 0 saturated carbocycles. The Morgan fingerprint density at radius 1 is 1.10 bits per heavy atom. The molecule has 0 aliphatic rings. The van der Waals surface area contributed by atoms with Gasteiger partial charge in [-0.3, -0.25) is 0 Å². The number of nitrogens with one attached hydrogen (secondary N) is 2. The van der Waals surface area contributed by atoms with Crippen molar-refractivity contribution in [3.63, 3.8) is 0 Å². The van der Waals surface area contributed by atoms with Gasteiger partial charge >= 0.3 is 0 Å². The van der Waals surface area contributed by atoms with Crippen LogP contribution in [0.1, 0.15) is 25.0 Å². The summed E-state index contributed by atoms with van der Waals surface area (Å²) in [7, 11) is 1.74. The van der Waals surface area contributed by atoms with E-state index in [4.69, 9.17) is 4.74 Å². The molecule has 5 nitrogen and oxygen atoms in total. The highest BCUT2D eigenvalue weighted by Gasteiger charge is 2.08. The molecule has 0 unspecified atom stereocenters. The molecule has 0 radical (unpaired) electrons. The highest BCUT2D eigenvalue weighted by atomic mass is 16.5. The van der Waals surface area contributed by atoms with Gasteiger partial charge in [-0.2, -0.15) is 15.4 Å². The molecule has 1 aromatic heterocycles. The van der Waals surface area contributed by atoms with Gasteiger partial charge in [0.2, 0.25) is 0 Å². The monoisotopic (exact) mass is 274 g/mol. The second-order valence-corrected chi connectivity index (χ2v) is 4.72. The zero-order valence-corrected chi connectivity index (χ0v) is 11.9. The predicted molar refractivity (Wildman–Crippen MR) is 79.3 cm³/mol. The molecule has 0 atom stereocenters. The number of methoxy groups -OCH3 is 1. The van der Waals surface area contributed by atoms with Crippen molar-refractivity contribution >= 4 is 0 Å². The van der Waals surface area contributed by atoms with Crippen LogP contribution in [0.3, 0.4) is 0 Å². The van der Waals surface area contributed by atoms with Crippen LogP contribution in [0.5, 0.6) is 0 Å². The van der Waals surface area contributed by atoms with Crippen LogP contribution in [-0.4, -0.2) is 35.7 Å². The lowest BCUT2D eigenvalue weighted by Gasteiger charge is -2.04. The maximum Gasteiger partial charge on any atom is 0.117 e. The van der Waals surface area contributed by atoms with E-state index in [9.17, 15) is 0 Å². The summed E-state index contributed by atoms with van der Waals surface area (Å²) in [6.45, 7) is 2.58. The Labute approximate surface area is 119 Å². The molecule has 0 amide bonds. The summed E-state index contributed by atoms with van der Waals surface area (Å²) in [5.41, 5.74) is 2.99. The van der Waals surface area contributed by atoms with Gasteiger partial charge in [0.15, 0.2) is 0 Å². The summed E-state index contributed by atoms with van der Waals surface area (Å²) < 4.78 is 5.03. The highest BCUT2D eigenvalue weighted by Crippen LogP contribution is 2.18. The largest absolute Gasteiger partial charge is 0.385 e. The summed E-state index contributed by atoms with van der Waals surface area (Å²) >= 11 is 0. The molecule has 0 aliphatic carbocycles. The molecule has 0 bridgehead atoms. The second kappa shape index (κ2) is 8.45. The second-order valence-electron chi connectivity index (χ2n) is 4.72. The van der Waals surface area contributed by atoms with Crippen LogP contribution in [0.4, 0.5) is 0 Å². The average molecular weight is 274 g/mol. The lowest BCUT2D eigenvalue weighted by atomic mass is 10.1. The van der Waals surface area contributed by atoms with E-state index in [0.29, 0.717) is 0 Å². The van der Waals surface area contributed by atoms with Gasteiger partial charge < -0.3 is 10.1 Å². The maximum absolute atomic E-state index is 5.03. The summed E-state index contributed by atoms with van der Waals surface area (Å²) in [6.07, 6.45) is 3.46. The fourth-order valence-corrected chi connectivity index (χ4v) is 2.08. The van der Waals surface area contributed by atoms with Crippen molar-refractivity contribution in [3.8, 4) is 11.3 Å². The Kier molecular flexibility index (Phi) is 6.20. The fraction of sp³-hybridized carbons (Fsp3) is 0.467. The zero-order valence-electron chi connectivity index (χ0n) is 11.9. The molecule has 1 aromatic carbocycles. The third-order valence-corrected chi connectivity index (χ3v) is 3.16. The Morgan fingerprint density at radius 2 is 1.95 bits per heavy atom. The van der Waals surface area contributed by atoms with Crippen LogP contribution in [0, 0.1) is 0 Å². The lowest BCUT2D eigenvalue weighted by Crippen LogP contribution is -2.15. The first-order valence-corrected chi connectivity index (χ1v) is 7.06. The summed E-state index contributed by atoms with van der Waals surface area (Å²) in [5.74, 6) is 0. The van der Waals surface area contributed by atoms with Crippen molar-refractivity contribution in [1.29, 1.82) is 0 Å². The van der Waals surface area contributed by atoms with Gasteiger partial charge in [-0.05, 0) is 25.8 Å². The predicted octanol–water partition coefficient (Wildman–Crippen LogP) is 2.38. The number of unbranched alkanes of at least 4 members (excludes halogenated alkanes) is 2. The Bertz CT molecular complexity index is 484. The van der Waals surface area contributed by atoms with E-state index in [0.717, 1.165) is 49.5 Å². The Hall–Kier alpha value is -1.72. The van der Waals surface area contributed by atoms with Crippen molar-refractivity contribution in [1.82, 2.24) is 20.7 Å². The van der Waals surface area contributed by atoms with E-state index in [2.05, 4.69) is 20.7 Å². The molecule has 0 aliphatic heterocycles. The molecule has 2 rings (SSSR count). The van der Waals surface area contributed by atoms with E-state index in [1.54, 1.807) is 7.11 Å². The first-order valence-electron chi connectivity index (χ1n) is 7.06. The topological polar surface area (TPSA) is 62.8 Å². The minimum absolute atomic E-state index is 0.741. The lowest BCUT2D eigenvalue weighted by molar-refractivity contribution is 0.192. The number of H-pyrrole nitrogens is 1. The van der Waals surface area contributed by atoms with Crippen molar-refractivity contribution in [2.45, 2.75) is 25.8 Å². The van der Waals surface area contributed by atoms with E-state index < -0.39 is 0 Å². The average Bonchev–Trinajstić information content (AvgIpc) is 2.96. The van der Waals surface area contributed by atoms with Gasteiger partial charge in [-0.15, -0.1) is 0 Å². The molecule has 0 spiro atoms. The molecule has 5 heteroatoms. The zero-order chi connectivity index (χ0) is 14.0. The SMILES string of the molecule is COCCCCCNCc1n[nH]nc1-c1ccccc1. The van der Waals surface area contributed by atoms with Crippen LogP contribution >= 0.6 is 0 Å². The van der Waals surface area contributed by atoms with Crippen LogP contribution < -0.4 is 5.32 Å². The number of aromatic nitrogens is 3. The minimum Gasteiger partial charge on any atom is -0.385 e. The third-order valence-electron chi connectivity index (χ3n) is 3.16. The van der Waals surface area contributed by atoms with Gasteiger partial charge in [-0.25, -0.2) is 0 Å². The Balaban J connectivity index is 1.76. The van der Waals surface area contributed by atoms with Crippen LogP contribution in [0.15, 0.2) is 30.3 Å².